The van der Waals surface area contributed by atoms with Crippen LogP contribution in [0.15, 0.2) is 24.3 Å². The molecule has 0 aromatic carbocycles. The second-order valence-corrected chi connectivity index (χ2v) is 7.07. The predicted molar refractivity (Wildman–Crippen MR) is 96.5 cm³/mol. The van der Waals surface area contributed by atoms with Crippen molar-refractivity contribution in [3.63, 3.8) is 0 Å². The van der Waals surface area contributed by atoms with Crippen molar-refractivity contribution in [2.75, 3.05) is 0 Å². The van der Waals surface area contributed by atoms with Crippen LogP contribution in [0.3, 0.4) is 0 Å². The molecule has 0 radical (unpaired) electrons. The van der Waals surface area contributed by atoms with Crippen LogP contribution in [0.5, 0.6) is 0 Å². The van der Waals surface area contributed by atoms with Gasteiger partial charge in [-0.1, -0.05) is 52.0 Å². The first-order chi connectivity index (χ1) is 10.2. The summed E-state index contributed by atoms with van der Waals surface area (Å²) in [6.07, 6.45) is 21.9. The molecule has 0 heteroatoms. The Morgan fingerprint density at radius 1 is 0.905 bits per heavy atom. The number of allylic oxidation sites excluding steroid dienone is 4. The molecule has 0 heterocycles. The van der Waals surface area contributed by atoms with Gasteiger partial charge in [-0.25, -0.2) is 0 Å². The second-order valence-electron chi connectivity index (χ2n) is 7.07. The topological polar surface area (TPSA) is 0 Å². The molecule has 21 heavy (non-hydrogen) atoms. The maximum Gasteiger partial charge on any atom is -0.0233 e. The van der Waals surface area contributed by atoms with Gasteiger partial charge in [-0.15, -0.1) is 0 Å². The van der Waals surface area contributed by atoms with Crippen molar-refractivity contribution in [3.8, 4) is 0 Å². The summed E-state index contributed by atoms with van der Waals surface area (Å²) in [5, 5.41) is 0. The molecule has 0 aromatic rings. The molecule has 0 saturated heterocycles. The number of hydrogen-bond donors (Lipinski definition) is 0. The van der Waals surface area contributed by atoms with Crippen molar-refractivity contribution in [1.82, 2.24) is 0 Å². The molecule has 0 aliphatic heterocycles. The van der Waals surface area contributed by atoms with Crippen LogP contribution in [0, 0.1) is 23.7 Å². The molecule has 1 aliphatic rings. The monoisotopic (exact) mass is 290 g/mol. The van der Waals surface area contributed by atoms with E-state index in [9.17, 15) is 0 Å². The van der Waals surface area contributed by atoms with Crippen LogP contribution in [0.4, 0.5) is 0 Å². The summed E-state index contributed by atoms with van der Waals surface area (Å²) in [4.78, 5) is 0. The van der Waals surface area contributed by atoms with Crippen LogP contribution >= 0.6 is 0 Å². The molecule has 0 N–H and O–H groups in total. The van der Waals surface area contributed by atoms with Crippen LogP contribution in [-0.4, -0.2) is 0 Å². The molecule has 0 bridgehead atoms. The predicted octanol–water partition coefficient (Wildman–Crippen LogP) is 7.17. The van der Waals surface area contributed by atoms with E-state index in [0.29, 0.717) is 0 Å². The highest BCUT2D eigenvalue weighted by Gasteiger charge is 2.24. The van der Waals surface area contributed by atoms with Crippen LogP contribution in [0.2, 0.25) is 0 Å². The van der Waals surface area contributed by atoms with Crippen molar-refractivity contribution in [1.29, 1.82) is 0 Å². The van der Waals surface area contributed by atoms with Crippen molar-refractivity contribution in [2.45, 2.75) is 85.5 Å². The van der Waals surface area contributed by atoms with Crippen LogP contribution < -0.4 is 0 Å². The van der Waals surface area contributed by atoms with E-state index in [1.54, 1.807) is 0 Å². The molecule has 0 aromatic heterocycles. The SMILES string of the molecule is CCC=CC(CC)CCC(C)C1CCC(C=CCC)CC1. The minimum absolute atomic E-state index is 0.816. The van der Waals surface area contributed by atoms with Gasteiger partial charge < -0.3 is 0 Å². The summed E-state index contributed by atoms with van der Waals surface area (Å²) in [7, 11) is 0. The lowest BCUT2D eigenvalue weighted by atomic mass is 9.74. The summed E-state index contributed by atoms with van der Waals surface area (Å²) in [6, 6.07) is 0. The third kappa shape index (κ3) is 7.34. The fraction of sp³-hybridized carbons (Fsp3) is 0.810. The first kappa shape index (κ1) is 18.5. The first-order valence-corrected chi connectivity index (χ1v) is 9.54. The molecule has 1 rings (SSSR count). The summed E-state index contributed by atoms with van der Waals surface area (Å²) in [5.74, 6) is 3.61. The third-order valence-corrected chi connectivity index (χ3v) is 5.43. The van der Waals surface area contributed by atoms with E-state index in [1.165, 1.54) is 57.8 Å². The van der Waals surface area contributed by atoms with E-state index >= 15 is 0 Å². The molecule has 122 valence electrons. The normalized spacial score (nSPS) is 26.5. The van der Waals surface area contributed by atoms with Crippen LogP contribution in [0.1, 0.15) is 85.5 Å². The lowest BCUT2D eigenvalue weighted by Crippen LogP contribution is -2.20. The van der Waals surface area contributed by atoms with Gasteiger partial charge in [0.15, 0.2) is 0 Å². The molecule has 1 fully saturated rings. The zero-order valence-corrected chi connectivity index (χ0v) is 15.0. The van der Waals surface area contributed by atoms with Crippen molar-refractivity contribution in [3.05, 3.63) is 24.3 Å². The first-order valence-electron chi connectivity index (χ1n) is 9.54. The average Bonchev–Trinajstić information content (AvgIpc) is 2.53. The molecular weight excluding hydrogens is 252 g/mol. The van der Waals surface area contributed by atoms with E-state index in [4.69, 9.17) is 0 Å². The fourth-order valence-corrected chi connectivity index (χ4v) is 3.71. The van der Waals surface area contributed by atoms with E-state index in [1.807, 2.05) is 0 Å². The molecule has 2 unspecified atom stereocenters. The highest BCUT2D eigenvalue weighted by atomic mass is 14.3. The van der Waals surface area contributed by atoms with Gasteiger partial charge in [-0.2, -0.15) is 0 Å². The Bertz CT molecular complexity index is 291. The third-order valence-electron chi connectivity index (χ3n) is 5.43. The Morgan fingerprint density at radius 3 is 2.14 bits per heavy atom. The highest BCUT2D eigenvalue weighted by molar-refractivity contribution is 4.91. The van der Waals surface area contributed by atoms with Gasteiger partial charge in [0.1, 0.15) is 0 Å². The zero-order valence-electron chi connectivity index (χ0n) is 15.0. The molecule has 2 atom stereocenters. The summed E-state index contributed by atoms with van der Waals surface area (Å²) >= 11 is 0. The van der Waals surface area contributed by atoms with Gasteiger partial charge >= 0.3 is 0 Å². The van der Waals surface area contributed by atoms with Gasteiger partial charge in [-0.05, 0) is 81.5 Å². The standard InChI is InChI=1S/C21H38/c1-5-8-10-19(7-3)13-12-18(4)21-16-14-20(15-17-21)11-9-6-2/h8-11,18-21H,5-7,12-17H2,1-4H3. The van der Waals surface area contributed by atoms with Gasteiger partial charge in [0.25, 0.3) is 0 Å². The van der Waals surface area contributed by atoms with Crippen molar-refractivity contribution < 1.29 is 0 Å². The summed E-state index contributed by atoms with van der Waals surface area (Å²) < 4.78 is 0. The molecular formula is C21H38. The maximum absolute atomic E-state index is 2.50. The molecule has 0 amide bonds. The molecule has 1 aliphatic carbocycles. The Kier molecular flexibility index (Phi) is 9.79. The molecule has 1 saturated carbocycles. The Hall–Kier alpha value is -0.520. The van der Waals surface area contributed by atoms with E-state index in [-0.39, 0.29) is 0 Å². The Morgan fingerprint density at radius 2 is 1.57 bits per heavy atom. The van der Waals surface area contributed by atoms with Crippen LogP contribution in [-0.2, 0) is 0 Å². The number of hydrogen-bond acceptors (Lipinski definition) is 0. The lowest BCUT2D eigenvalue weighted by Gasteiger charge is -2.31. The van der Waals surface area contributed by atoms with E-state index in [0.717, 1.165) is 23.7 Å². The Labute approximate surface area is 134 Å². The van der Waals surface area contributed by atoms with Gasteiger partial charge in [0, 0.05) is 0 Å². The van der Waals surface area contributed by atoms with Gasteiger partial charge in [0.05, 0.1) is 0 Å². The molecule has 0 nitrogen and oxygen atoms in total. The van der Waals surface area contributed by atoms with Crippen molar-refractivity contribution >= 4 is 0 Å². The van der Waals surface area contributed by atoms with Crippen LogP contribution in [0.25, 0.3) is 0 Å². The maximum atomic E-state index is 2.50. The smallest absolute Gasteiger partial charge is 0.0233 e. The van der Waals surface area contributed by atoms with Crippen molar-refractivity contribution in [2.24, 2.45) is 23.7 Å². The molecule has 0 spiro atoms. The minimum Gasteiger partial charge on any atom is -0.0885 e. The minimum atomic E-state index is 0.816. The quantitative estimate of drug-likeness (QED) is 0.395. The lowest BCUT2D eigenvalue weighted by molar-refractivity contribution is 0.219. The summed E-state index contributed by atoms with van der Waals surface area (Å²) in [5.41, 5.74) is 0. The highest BCUT2D eigenvalue weighted by Crippen LogP contribution is 2.36. The number of rotatable bonds is 9. The average molecular weight is 291 g/mol. The second kappa shape index (κ2) is 11.1. The Balaban J connectivity index is 2.28. The van der Waals surface area contributed by atoms with E-state index in [2.05, 4.69) is 52.0 Å². The fourth-order valence-electron chi connectivity index (χ4n) is 3.71. The zero-order chi connectivity index (χ0) is 15.5. The van der Waals surface area contributed by atoms with E-state index < -0.39 is 0 Å². The van der Waals surface area contributed by atoms with Gasteiger partial charge in [-0.3, -0.25) is 0 Å². The summed E-state index contributed by atoms with van der Waals surface area (Å²) in [6.45, 7) is 9.31. The van der Waals surface area contributed by atoms with Gasteiger partial charge in [0.2, 0.25) is 0 Å². The largest absolute Gasteiger partial charge is 0.0885 e.